The molecule has 0 bridgehead atoms. The number of anilines is 1. The van der Waals surface area contributed by atoms with Crippen molar-refractivity contribution in [1.82, 2.24) is 5.32 Å². The third-order valence-corrected chi connectivity index (χ3v) is 4.78. The van der Waals surface area contributed by atoms with E-state index in [9.17, 15) is 9.59 Å². The number of methoxy groups -OCH3 is 4. The first-order valence-corrected chi connectivity index (χ1v) is 9.06. The summed E-state index contributed by atoms with van der Waals surface area (Å²) < 4.78 is 21.0. The van der Waals surface area contributed by atoms with Gasteiger partial charge in [-0.2, -0.15) is 0 Å². The molecule has 2 aromatic carbocycles. The van der Waals surface area contributed by atoms with E-state index in [2.05, 4.69) is 5.32 Å². The Kier molecular flexibility index (Phi) is 6.11. The molecule has 8 nitrogen and oxygen atoms in total. The van der Waals surface area contributed by atoms with Gasteiger partial charge in [0.25, 0.3) is 5.91 Å². The summed E-state index contributed by atoms with van der Waals surface area (Å²) >= 11 is 0. The van der Waals surface area contributed by atoms with Crippen LogP contribution in [-0.2, 0) is 4.79 Å². The quantitative estimate of drug-likeness (QED) is 0.767. The lowest BCUT2D eigenvalue weighted by Crippen LogP contribution is -2.37. The van der Waals surface area contributed by atoms with Crippen molar-refractivity contribution in [3.63, 3.8) is 0 Å². The van der Waals surface area contributed by atoms with Gasteiger partial charge in [-0.15, -0.1) is 0 Å². The summed E-state index contributed by atoms with van der Waals surface area (Å²) in [7, 11) is 6.14. The first-order chi connectivity index (χ1) is 14.0. The number of nitrogens with zero attached hydrogens (tertiary/aromatic N) is 1. The van der Waals surface area contributed by atoms with Gasteiger partial charge in [0.15, 0.2) is 23.0 Å². The summed E-state index contributed by atoms with van der Waals surface area (Å²) in [6.07, 6.45) is 0.216. The van der Waals surface area contributed by atoms with E-state index in [4.69, 9.17) is 18.9 Å². The van der Waals surface area contributed by atoms with E-state index in [1.54, 1.807) is 55.5 Å². The van der Waals surface area contributed by atoms with Crippen LogP contribution in [0.2, 0.25) is 0 Å². The molecule has 1 heterocycles. The Morgan fingerprint density at radius 3 is 2.10 bits per heavy atom. The first-order valence-electron chi connectivity index (χ1n) is 9.06. The van der Waals surface area contributed by atoms with E-state index in [1.165, 1.54) is 14.2 Å². The maximum atomic E-state index is 12.6. The highest BCUT2D eigenvalue weighted by Crippen LogP contribution is 2.33. The predicted octanol–water partition coefficient (Wildman–Crippen LogP) is 2.26. The van der Waals surface area contributed by atoms with E-state index in [1.807, 2.05) is 0 Å². The van der Waals surface area contributed by atoms with Crippen LogP contribution in [0.25, 0.3) is 0 Å². The monoisotopic (exact) mass is 400 g/mol. The maximum Gasteiger partial charge on any atom is 0.251 e. The van der Waals surface area contributed by atoms with Crippen LogP contribution < -0.4 is 29.2 Å². The Labute approximate surface area is 169 Å². The summed E-state index contributed by atoms with van der Waals surface area (Å²) in [6.45, 7) is 0.368. The third-order valence-electron chi connectivity index (χ3n) is 4.78. The molecule has 1 aliphatic heterocycles. The van der Waals surface area contributed by atoms with Crippen molar-refractivity contribution in [2.75, 3.05) is 39.9 Å². The molecule has 154 valence electrons. The third kappa shape index (κ3) is 4.21. The minimum Gasteiger partial charge on any atom is -0.493 e. The number of carbonyl (C=O) groups is 2. The predicted molar refractivity (Wildman–Crippen MR) is 107 cm³/mol. The largest absolute Gasteiger partial charge is 0.493 e. The average molecular weight is 400 g/mol. The number of nitrogens with one attached hydrogen (secondary N) is 1. The minimum atomic E-state index is -0.309. The minimum absolute atomic E-state index is 0.0742. The molecule has 2 amide bonds. The van der Waals surface area contributed by atoms with Crippen molar-refractivity contribution < 1.29 is 28.5 Å². The lowest BCUT2D eigenvalue weighted by Gasteiger charge is -2.19. The summed E-state index contributed by atoms with van der Waals surface area (Å²) in [5, 5.41) is 2.91. The van der Waals surface area contributed by atoms with Crippen molar-refractivity contribution in [2.24, 2.45) is 0 Å². The van der Waals surface area contributed by atoms with Crippen molar-refractivity contribution in [3.8, 4) is 23.0 Å². The van der Waals surface area contributed by atoms with Crippen LogP contribution in [0.1, 0.15) is 16.8 Å². The molecule has 0 spiro atoms. The first kappa shape index (κ1) is 20.3. The smallest absolute Gasteiger partial charge is 0.251 e. The summed E-state index contributed by atoms with van der Waals surface area (Å²) in [5.41, 5.74) is 1.12. The zero-order valence-electron chi connectivity index (χ0n) is 16.9. The van der Waals surface area contributed by atoms with Crippen molar-refractivity contribution >= 4 is 17.5 Å². The van der Waals surface area contributed by atoms with Crippen LogP contribution in [0.15, 0.2) is 36.4 Å². The van der Waals surface area contributed by atoms with Gasteiger partial charge in [-0.3, -0.25) is 9.59 Å². The van der Waals surface area contributed by atoms with Gasteiger partial charge >= 0.3 is 0 Å². The SMILES string of the molecule is COc1ccc(C(=O)NC2CC(=O)N(c3ccc(OC)c(OC)c3)C2)cc1OC. The van der Waals surface area contributed by atoms with Gasteiger partial charge in [-0.1, -0.05) is 0 Å². The maximum absolute atomic E-state index is 12.6. The molecule has 29 heavy (non-hydrogen) atoms. The van der Waals surface area contributed by atoms with Crippen molar-refractivity contribution in [2.45, 2.75) is 12.5 Å². The van der Waals surface area contributed by atoms with Crippen LogP contribution >= 0.6 is 0 Å². The van der Waals surface area contributed by atoms with Gasteiger partial charge in [0.2, 0.25) is 5.91 Å². The molecule has 8 heteroatoms. The molecule has 1 aliphatic rings. The standard InChI is InChI=1S/C21H24N2O6/c1-26-16-7-5-13(9-18(16)28-3)21(25)22-14-10-20(24)23(12-14)15-6-8-17(27-2)19(11-15)29-4/h5-9,11,14H,10,12H2,1-4H3,(H,22,25). The fraction of sp³-hybridized carbons (Fsp3) is 0.333. The zero-order chi connectivity index (χ0) is 21.0. The van der Waals surface area contributed by atoms with E-state index < -0.39 is 0 Å². The summed E-state index contributed by atoms with van der Waals surface area (Å²) in [6, 6.07) is 9.90. The second-order valence-electron chi connectivity index (χ2n) is 6.49. The lowest BCUT2D eigenvalue weighted by molar-refractivity contribution is -0.117. The molecule has 1 N–H and O–H groups in total. The van der Waals surface area contributed by atoms with Gasteiger partial charge in [-0.05, 0) is 30.3 Å². The number of hydrogen-bond donors (Lipinski definition) is 1. The average Bonchev–Trinajstić information content (AvgIpc) is 3.12. The lowest BCUT2D eigenvalue weighted by atomic mass is 10.1. The zero-order valence-corrected chi connectivity index (χ0v) is 16.9. The number of benzene rings is 2. The number of rotatable bonds is 7. The molecule has 2 aromatic rings. The van der Waals surface area contributed by atoms with Gasteiger partial charge in [0.05, 0.1) is 34.5 Å². The van der Waals surface area contributed by atoms with E-state index in [-0.39, 0.29) is 24.3 Å². The molecule has 1 saturated heterocycles. The Morgan fingerprint density at radius 1 is 0.897 bits per heavy atom. The molecular weight excluding hydrogens is 376 g/mol. The molecule has 0 radical (unpaired) electrons. The van der Waals surface area contributed by atoms with Crippen LogP contribution in [0.5, 0.6) is 23.0 Å². The van der Waals surface area contributed by atoms with Crippen molar-refractivity contribution in [1.29, 1.82) is 0 Å². The molecule has 0 aliphatic carbocycles. The van der Waals surface area contributed by atoms with E-state index in [0.717, 1.165) is 0 Å². The molecule has 1 unspecified atom stereocenters. The Balaban J connectivity index is 1.71. The Morgan fingerprint density at radius 2 is 1.48 bits per heavy atom. The van der Waals surface area contributed by atoms with Crippen molar-refractivity contribution in [3.05, 3.63) is 42.0 Å². The molecule has 0 saturated carbocycles. The van der Waals surface area contributed by atoms with Crippen LogP contribution in [0.4, 0.5) is 5.69 Å². The number of amides is 2. The topological polar surface area (TPSA) is 86.3 Å². The van der Waals surface area contributed by atoms with Crippen LogP contribution in [-0.4, -0.2) is 52.8 Å². The fourth-order valence-corrected chi connectivity index (χ4v) is 3.29. The highest BCUT2D eigenvalue weighted by molar-refractivity contribution is 5.99. The summed E-state index contributed by atoms with van der Waals surface area (Å²) in [4.78, 5) is 26.8. The highest BCUT2D eigenvalue weighted by atomic mass is 16.5. The number of hydrogen-bond acceptors (Lipinski definition) is 6. The number of carbonyl (C=O) groups excluding carboxylic acids is 2. The van der Waals surface area contributed by atoms with Gasteiger partial charge in [-0.25, -0.2) is 0 Å². The van der Waals surface area contributed by atoms with E-state index >= 15 is 0 Å². The Bertz CT molecular complexity index is 914. The summed E-state index contributed by atoms with van der Waals surface area (Å²) in [5.74, 6) is 1.78. The molecule has 3 rings (SSSR count). The molecule has 1 atom stereocenters. The molecular formula is C21H24N2O6. The molecule has 0 aromatic heterocycles. The van der Waals surface area contributed by atoms with Gasteiger partial charge in [0.1, 0.15) is 0 Å². The highest BCUT2D eigenvalue weighted by Gasteiger charge is 2.32. The molecule has 1 fully saturated rings. The van der Waals surface area contributed by atoms with Gasteiger partial charge in [0, 0.05) is 30.3 Å². The number of ether oxygens (including phenoxy) is 4. The Hall–Kier alpha value is -3.42. The fourth-order valence-electron chi connectivity index (χ4n) is 3.29. The van der Waals surface area contributed by atoms with E-state index in [0.29, 0.717) is 40.8 Å². The van der Waals surface area contributed by atoms with Crippen LogP contribution in [0, 0.1) is 0 Å². The normalized spacial score (nSPS) is 15.8. The second kappa shape index (κ2) is 8.72. The van der Waals surface area contributed by atoms with Gasteiger partial charge < -0.3 is 29.2 Å². The van der Waals surface area contributed by atoms with Crippen LogP contribution in [0.3, 0.4) is 0 Å². The second-order valence-corrected chi connectivity index (χ2v) is 6.49.